The van der Waals surface area contributed by atoms with Gasteiger partial charge in [0.2, 0.25) is 0 Å². The third kappa shape index (κ3) is 3.64. The average molecular weight is 432 g/mol. The van der Waals surface area contributed by atoms with E-state index in [2.05, 4.69) is 15.9 Å². The Bertz CT molecular complexity index is 882. The Morgan fingerprint density at radius 1 is 1.26 bits per heavy atom. The molecule has 0 saturated carbocycles. The van der Waals surface area contributed by atoms with E-state index in [1.165, 1.54) is 7.11 Å². The lowest BCUT2D eigenvalue weighted by molar-refractivity contribution is -0.135. The molecular formula is C21H22BrNO4. The number of rotatable bonds is 7. The van der Waals surface area contributed by atoms with E-state index in [1.807, 2.05) is 13.0 Å². The fourth-order valence-corrected chi connectivity index (χ4v) is 3.72. The molecule has 27 heavy (non-hydrogen) atoms. The molecule has 0 spiro atoms. The van der Waals surface area contributed by atoms with Gasteiger partial charge in [-0.15, -0.1) is 0 Å². The molecule has 3 rings (SSSR count). The number of aliphatic hydroxyl groups is 1. The van der Waals surface area contributed by atoms with Crippen molar-refractivity contribution in [2.45, 2.75) is 31.8 Å². The van der Waals surface area contributed by atoms with Crippen LogP contribution >= 0.6 is 15.9 Å². The third-order valence-corrected chi connectivity index (χ3v) is 5.33. The molecule has 0 aromatic heterocycles. The largest absolute Gasteiger partial charge is 0.497 e. The van der Waals surface area contributed by atoms with Crippen molar-refractivity contribution < 1.29 is 19.4 Å². The van der Waals surface area contributed by atoms with Crippen molar-refractivity contribution in [1.29, 1.82) is 0 Å². The summed E-state index contributed by atoms with van der Waals surface area (Å²) >= 11 is 3.40. The van der Waals surface area contributed by atoms with Gasteiger partial charge in [0.1, 0.15) is 5.75 Å². The molecule has 1 N–H and O–H groups in total. The van der Waals surface area contributed by atoms with Crippen LogP contribution in [0.2, 0.25) is 0 Å². The summed E-state index contributed by atoms with van der Waals surface area (Å²) in [6, 6.07) is 12.1. The smallest absolute Gasteiger partial charge is 0.264 e. The second kappa shape index (κ2) is 7.82. The van der Waals surface area contributed by atoms with Crippen molar-refractivity contribution in [3.63, 3.8) is 0 Å². The van der Waals surface area contributed by atoms with Crippen LogP contribution in [-0.4, -0.2) is 30.5 Å². The van der Waals surface area contributed by atoms with Crippen molar-refractivity contribution in [1.82, 2.24) is 0 Å². The number of anilines is 1. The Morgan fingerprint density at radius 2 is 2.04 bits per heavy atom. The van der Waals surface area contributed by atoms with Gasteiger partial charge in [-0.05, 0) is 36.8 Å². The quantitative estimate of drug-likeness (QED) is 0.670. The molecule has 2 aromatic rings. The van der Waals surface area contributed by atoms with Gasteiger partial charge < -0.3 is 14.7 Å². The molecule has 6 heteroatoms. The number of amides is 1. The van der Waals surface area contributed by atoms with Gasteiger partial charge in [-0.2, -0.15) is 0 Å². The minimum atomic E-state index is -1.87. The molecule has 1 aliphatic rings. The lowest BCUT2D eigenvalue weighted by atomic mass is 9.88. The number of fused-ring (bicyclic) bond motifs is 1. The molecule has 2 aromatic carbocycles. The number of hydrogen-bond donors (Lipinski definition) is 1. The van der Waals surface area contributed by atoms with Crippen LogP contribution < -0.4 is 9.64 Å². The summed E-state index contributed by atoms with van der Waals surface area (Å²) in [5, 5.41) is 11.3. The van der Waals surface area contributed by atoms with Gasteiger partial charge >= 0.3 is 0 Å². The number of Topliss-reactive ketones (excluding diaryl/α,β-unsaturated/α-hetero) is 1. The Kier molecular flexibility index (Phi) is 5.67. The lowest BCUT2D eigenvalue weighted by Gasteiger charge is -2.22. The van der Waals surface area contributed by atoms with Crippen LogP contribution in [0.25, 0.3) is 0 Å². The second-order valence-electron chi connectivity index (χ2n) is 6.66. The maximum atomic E-state index is 13.1. The van der Waals surface area contributed by atoms with Crippen LogP contribution in [-0.2, 0) is 10.4 Å². The number of halogens is 1. The number of methoxy groups -OCH3 is 1. The number of nitrogens with zero attached hydrogens (tertiary/aromatic N) is 1. The molecule has 5 nitrogen and oxygen atoms in total. The van der Waals surface area contributed by atoms with E-state index in [0.29, 0.717) is 29.1 Å². The van der Waals surface area contributed by atoms with Gasteiger partial charge in [0, 0.05) is 22.1 Å². The minimum absolute atomic E-state index is 0.312. The van der Waals surface area contributed by atoms with Gasteiger partial charge in [0.05, 0.1) is 19.2 Å². The Morgan fingerprint density at radius 3 is 2.74 bits per heavy atom. The number of unbranched alkanes of at least 4 members (excludes halogenated alkanes) is 1. The van der Waals surface area contributed by atoms with Crippen LogP contribution in [0, 0.1) is 0 Å². The highest BCUT2D eigenvalue weighted by atomic mass is 79.9. The van der Waals surface area contributed by atoms with Gasteiger partial charge in [-0.25, -0.2) is 0 Å². The molecule has 142 valence electrons. The summed E-state index contributed by atoms with van der Waals surface area (Å²) in [6.07, 6.45) is 1.43. The predicted octanol–water partition coefficient (Wildman–Crippen LogP) is 4.07. The normalized spacial score (nSPS) is 18.5. The van der Waals surface area contributed by atoms with Crippen molar-refractivity contribution in [2.24, 2.45) is 0 Å². The van der Waals surface area contributed by atoms with Gasteiger partial charge in [0.15, 0.2) is 11.4 Å². The maximum absolute atomic E-state index is 13.1. The van der Waals surface area contributed by atoms with E-state index in [9.17, 15) is 14.7 Å². The molecule has 0 fully saturated rings. The Hall–Kier alpha value is -2.18. The number of carbonyl (C=O) groups is 2. The molecule has 1 unspecified atom stereocenters. The second-order valence-corrected chi connectivity index (χ2v) is 7.58. The molecule has 0 radical (unpaired) electrons. The van der Waals surface area contributed by atoms with E-state index in [1.54, 1.807) is 41.3 Å². The molecule has 1 heterocycles. The third-order valence-electron chi connectivity index (χ3n) is 4.84. The van der Waals surface area contributed by atoms with Crippen LogP contribution in [0.15, 0.2) is 46.9 Å². The zero-order valence-electron chi connectivity index (χ0n) is 15.4. The first-order valence-corrected chi connectivity index (χ1v) is 9.71. The van der Waals surface area contributed by atoms with E-state index in [-0.39, 0.29) is 12.2 Å². The van der Waals surface area contributed by atoms with E-state index >= 15 is 0 Å². The van der Waals surface area contributed by atoms with E-state index < -0.39 is 11.5 Å². The lowest BCUT2D eigenvalue weighted by Crippen LogP contribution is -2.42. The standard InChI is InChI=1S/C21H22BrNO4/c1-3-4-10-23-18-9-8-15(22)12-17(18)21(26,20(23)25)13-19(24)14-6-5-7-16(11-14)27-2/h5-9,11-12,26H,3-4,10,13H2,1-2H3. The first-order chi connectivity index (χ1) is 12.9. The van der Waals surface area contributed by atoms with Crippen LogP contribution in [0.3, 0.4) is 0 Å². The van der Waals surface area contributed by atoms with E-state index in [0.717, 1.165) is 17.3 Å². The summed E-state index contributed by atoms with van der Waals surface area (Å²) in [6.45, 7) is 2.56. The molecule has 0 bridgehead atoms. The topological polar surface area (TPSA) is 66.8 Å². The molecule has 1 amide bonds. The van der Waals surface area contributed by atoms with Gasteiger partial charge in [-0.1, -0.05) is 41.4 Å². The van der Waals surface area contributed by atoms with Crippen LogP contribution in [0.5, 0.6) is 5.75 Å². The molecule has 0 aliphatic carbocycles. The highest BCUT2D eigenvalue weighted by Crippen LogP contribution is 2.44. The summed E-state index contributed by atoms with van der Waals surface area (Å²) in [4.78, 5) is 27.5. The van der Waals surface area contributed by atoms with Crippen LogP contribution in [0.1, 0.15) is 42.1 Å². The van der Waals surface area contributed by atoms with E-state index in [4.69, 9.17) is 4.74 Å². The molecule has 1 atom stereocenters. The molecular weight excluding hydrogens is 410 g/mol. The van der Waals surface area contributed by atoms with Gasteiger partial charge in [0.25, 0.3) is 5.91 Å². The fraction of sp³-hybridized carbons (Fsp3) is 0.333. The summed E-state index contributed by atoms with van der Waals surface area (Å²) in [5.41, 5.74) is -0.335. The fourth-order valence-electron chi connectivity index (χ4n) is 3.36. The highest BCUT2D eigenvalue weighted by Gasteiger charge is 2.50. The number of carbonyl (C=O) groups excluding carboxylic acids is 2. The summed E-state index contributed by atoms with van der Waals surface area (Å²) in [5.74, 6) is -0.202. The number of ether oxygens (including phenoxy) is 1. The van der Waals surface area contributed by atoms with Crippen molar-refractivity contribution in [2.75, 3.05) is 18.6 Å². The summed E-state index contributed by atoms with van der Waals surface area (Å²) in [7, 11) is 1.52. The van der Waals surface area contributed by atoms with Crippen molar-refractivity contribution >= 4 is 33.3 Å². The summed E-state index contributed by atoms with van der Waals surface area (Å²) < 4.78 is 5.91. The molecule has 0 saturated heterocycles. The highest BCUT2D eigenvalue weighted by molar-refractivity contribution is 9.10. The van der Waals surface area contributed by atoms with Crippen LogP contribution in [0.4, 0.5) is 5.69 Å². The minimum Gasteiger partial charge on any atom is -0.497 e. The zero-order valence-corrected chi connectivity index (χ0v) is 17.0. The first-order valence-electron chi connectivity index (χ1n) is 8.92. The number of ketones is 1. The monoisotopic (exact) mass is 431 g/mol. The number of benzene rings is 2. The Labute approximate surface area is 167 Å². The van der Waals surface area contributed by atoms with Crippen molar-refractivity contribution in [3.8, 4) is 5.75 Å². The predicted molar refractivity (Wildman–Crippen MR) is 107 cm³/mol. The SMILES string of the molecule is CCCCN1C(=O)C(O)(CC(=O)c2cccc(OC)c2)c2cc(Br)ccc21. The molecule has 1 aliphatic heterocycles. The zero-order chi connectivity index (χ0) is 19.6. The van der Waals surface area contributed by atoms with Gasteiger partial charge in [-0.3, -0.25) is 9.59 Å². The average Bonchev–Trinajstić information content (AvgIpc) is 2.87. The first kappa shape index (κ1) is 19.6. The van der Waals surface area contributed by atoms with Crippen molar-refractivity contribution in [3.05, 3.63) is 58.1 Å². The maximum Gasteiger partial charge on any atom is 0.264 e. The number of hydrogen-bond acceptors (Lipinski definition) is 4. The Balaban J connectivity index is 1.96.